The first-order valence-corrected chi connectivity index (χ1v) is 6.66. The molecule has 1 atom stereocenters. The van der Waals surface area contributed by atoms with Crippen molar-refractivity contribution < 1.29 is 9.84 Å². The van der Waals surface area contributed by atoms with Gasteiger partial charge in [0.25, 0.3) is 0 Å². The maximum absolute atomic E-state index is 8.90. The van der Waals surface area contributed by atoms with E-state index in [1.807, 2.05) is 30.3 Å². The maximum Gasteiger partial charge on any atom is 0.174 e. The highest BCUT2D eigenvalue weighted by molar-refractivity contribution is 5.27. The lowest BCUT2D eigenvalue weighted by molar-refractivity contribution is 0.228. The molecular formula is C15H22N2O2. The quantitative estimate of drug-likeness (QED) is 0.669. The van der Waals surface area contributed by atoms with E-state index in [2.05, 4.69) is 12.2 Å². The van der Waals surface area contributed by atoms with Crippen LogP contribution in [0.25, 0.3) is 0 Å². The highest BCUT2D eigenvalue weighted by Crippen LogP contribution is 2.11. The second kappa shape index (κ2) is 9.37. The fourth-order valence-electron chi connectivity index (χ4n) is 1.72. The Bertz CT molecular complexity index is 384. The summed E-state index contributed by atoms with van der Waals surface area (Å²) in [6.07, 6.45) is 2.12. The Morgan fingerprint density at radius 1 is 1.37 bits per heavy atom. The summed E-state index contributed by atoms with van der Waals surface area (Å²) in [6.45, 7) is 4.19. The third kappa shape index (κ3) is 6.80. The van der Waals surface area contributed by atoms with Gasteiger partial charge in [-0.15, -0.1) is 0 Å². The monoisotopic (exact) mass is 262 g/mol. The van der Waals surface area contributed by atoms with Crippen LogP contribution in [0.15, 0.2) is 24.3 Å². The number of aliphatic hydroxyl groups is 1. The molecule has 0 saturated carbocycles. The van der Waals surface area contributed by atoms with E-state index < -0.39 is 0 Å². The van der Waals surface area contributed by atoms with Crippen molar-refractivity contribution in [3.05, 3.63) is 29.8 Å². The summed E-state index contributed by atoms with van der Waals surface area (Å²) in [4.78, 5) is 0. The fourth-order valence-corrected chi connectivity index (χ4v) is 1.72. The number of ether oxygens (including phenoxy) is 1. The van der Waals surface area contributed by atoms with E-state index >= 15 is 0 Å². The van der Waals surface area contributed by atoms with Crippen LogP contribution in [0.3, 0.4) is 0 Å². The molecule has 1 aromatic carbocycles. The molecule has 2 N–H and O–H groups in total. The Labute approximate surface area is 115 Å². The van der Waals surface area contributed by atoms with Crippen molar-refractivity contribution in [2.75, 3.05) is 19.8 Å². The number of benzene rings is 1. The summed E-state index contributed by atoms with van der Waals surface area (Å²) < 4.78 is 5.19. The second-order valence-electron chi connectivity index (χ2n) is 4.70. The highest BCUT2D eigenvalue weighted by atomic mass is 16.5. The zero-order chi connectivity index (χ0) is 13.9. The molecule has 4 nitrogen and oxygen atoms in total. The summed E-state index contributed by atoms with van der Waals surface area (Å²) in [6, 6.07) is 9.69. The first-order valence-electron chi connectivity index (χ1n) is 6.66. The molecule has 0 aromatic heterocycles. The second-order valence-corrected chi connectivity index (χ2v) is 4.70. The molecule has 0 fully saturated rings. The van der Waals surface area contributed by atoms with Crippen LogP contribution < -0.4 is 10.1 Å². The Hall–Kier alpha value is -1.57. The largest absolute Gasteiger partial charge is 0.479 e. The summed E-state index contributed by atoms with van der Waals surface area (Å²) in [7, 11) is 0. The van der Waals surface area contributed by atoms with E-state index in [9.17, 15) is 0 Å². The first kappa shape index (κ1) is 15.5. The van der Waals surface area contributed by atoms with Crippen molar-refractivity contribution in [3.63, 3.8) is 0 Å². The van der Waals surface area contributed by atoms with Crippen molar-refractivity contribution in [3.8, 4) is 11.8 Å². The van der Waals surface area contributed by atoms with Gasteiger partial charge in [0.2, 0.25) is 0 Å². The molecule has 0 saturated heterocycles. The molecule has 1 rings (SSSR count). The van der Waals surface area contributed by atoms with Gasteiger partial charge in [0.15, 0.2) is 6.61 Å². The average molecular weight is 262 g/mol. The zero-order valence-corrected chi connectivity index (χ0v) is 11.4. The lowest BCUT2D eigenvalue weighted by Gasteiger charge is -2.09. The molecule has 0 bridgehead atoms. The van der Waals surface area contributed by atoms with Gasteiger partial charge in [-0.25, -0.2) is 0 Å². The maximum atomic E-state index is 8.90. The molecule has 0 spiro atoms. The molecule has 0 heterocycles. The third-order valence-corrected chi connectivity index (χ3v) is 2.92. The lowest BCUT2D eigenvalue weighted by atomic mass is 10.1. The van der Waals surface area contributed by atoms with E-state index in [0.717, 1.165) is 31.7 Å². The van der Waals surface area contributed by atoms with Gasteiger partial charge in [0.1, 0.15) is 11.8 Å². The Balaban J connectivity index is 2.17. The smallest absolute Gasteiger partial charge is 0.174 e. The SMILES string of the molecule is CC(CO)CCCNCc1ccc(OCC#N)cc1. The number of nitrogens with zero attached hydrogens (tertiary/aromatic N) is 1. The Morgan fingerprint density at radius 3 is 2.74 bits per heavy atom. The number of rotatable bonds is 9. The molecule has 0 amide bonds. The molecule has 1 unspecified atom stereocenters. The molecule has 0 aliphatic rings. The van der Waals surface area contributed by atoms with Crippen LogP contribution in [0.1, 0.15) is 25.3 Å². The Kier molecular flexibility index (Phi) is 7.64. The van der Waals surface area contributed by atoms with Crippen LogP contribution in [0, 0.1) is 17.2 Å². The third-order valence-electron chi connectivity index (χ3n) is 2.92. The van der Waals surface area contributed by atoms with Crippen LogP contribution in [-0.4, -0.2) is 24.9 Å². The van der Waals surface area contributed by atoms with Gasteiger partial charge in [-0.1, -0.05) is 19.1 Å². The molecule has 104 valence electrons. The van der Waals surface area contributed by atoms with E-state index in [1.54, 1.807) is 0 Å². The van der Waals surface area contributed by atoms with Crippen molar-refractivity contribution in [2.45, 2.75) is 26.3 Å². The summed E-state index contributed by atoms with van der Waals surface area (Å²) in [5.74, 6) is 1.11. The van der Waals surface area contributed by atoms with Crippen LogP contribution in [0.4, 0.5) is 0 Å². The topological polar surface area (TPSA) is 65.3 Å². The van der Waals surface area contributed by atoms with Crippen molar-refractivity contribution in [1.82, 2.24) is 5.32 Å². The lowest BCUT2D eigenvalue weighted by Crippen LogP contribution is -2.16. The molecule has 0 aliphatic carbocycles. The van der Waals surface area contributed by atoms with Gasteiger partial charge in [-0.2, -0.15) is 5.26 Å². The predicted octanol–water partition coefficient (Wildman–Crippen LogP) is 2.09. The van der Waals surface area contributed by atoms with E-state index in [-0.39, 0.29) is 13.2 Å². The zero-order valence-electron chi connectivity index (χ0n) is 11.4. The molecule has 4 heteroatoms. The molecule has 0 radical (unpaired) electrons. The van der Waals surface area contributed by atoms with Crippen LogP contribution in [-0.2, 0) is 6.54 Å². The minimum Gasteiger partial charge on any atom is -0.479 e. The van der Waals surface area contributed by atoms with E-state index in [4.69, 9.17) is 15.1 Å². The minimum absolute atomic E-state index is 0.0840. The van der Waals surface area contributed by atoms with Gasteiger partial charge in [-0.05, 0) is 43.0 Å². The van der Waals surface area contributed by atoms with Crippen LogP contribution >= 0.6 is 0 Å². The number of hydrogen-bond donors (Lipinski definition) is 2. The number of hydrogen-bond acceptors (Lipinski definition) is 4. The Morgan fingerprint density at radius 2 is 2.11 bits per heavy atom. The number of aliphatic hydroxyl groups excluding tert-OH is 1. The van der Waals surface area contributed by atoms with E-state index in [0.29, 0.717) is 5.92 Å². The number of nitriles is 1. The summed E-state index contributed by atoms with van der Waals surface area (Å²) in [5.41, 5.74) is 1.19. The van der Waals surface area contributed by atoms with Crippen LogP contribution in [0.5, 0.6) is 5.75 Å². The predicted molar refractivity (Wildman–Crippen MR) is 74.7 cm³/mol. The molecule has 1 aromatic rings. The highest BCUT2D eigenvalue weighted by Gasteiger charge is 1.99. The normalized spacial score (nSPS) is 11.8. The molecule has 19 heavy (non-hydrogen) atoms. The van der Waals surface area contributed by atoms with Crippen molar-refractivity contribution in [1.29, 1.82) is 5.26 Å². The molecule has 0 aliphatic heterocycles. The summed E-state index contributed by atoms with van der Waals surface area (Å²) in [5, 5.41) is 20.7. The van der Waals surface area contributed by atoms with Crippen molar-refractivity contribution in [2.24, 2.45) is 5.92 Å². The average Bonchev–Trinajstić information content (AvgIpc) is 2.45. The van der Waals surface area contributed by atoms with Crippen molar-refractivity contribution >= 4 is 0 Å². The first-order chi connectivity index (χ1) is 9.26. The van der Waals surface area contributed by atoms with Gasteiger partial charge in [0, 0.05) is 13.2 Å². The van der Waals surface area contributed by atoms with Gasteiger partial charge >= 0.3 is 0 Å². The summed E-state index contributed by atoms with van der Waals surface area (Å²) >= 11 is 0. The van der Waals surface area contributed by atoms with Gasteiger partial charge in [-0.3, -0.25) is 0 Å². The van der Waals surface area contributed by atoms with Crippen LogP contribution in [0.2, 0.25) is 0 Å². The van der Waals surface area contributed by atoms with Gasteiger partial charge < -0.3 is 15.2 Å². The molecular weight excluding hydrogens is 240 g/mol. The minimum atomic E-state index is 0.0840. The number of nitrogens with one attached hydrogen (secondary N) is 1. The standard InChI is InChI=1S/C15H22N2O2/c1-13(12-18)3-2-9-17-11-14-4-6-15(7-5-14)19-10-8-16/h4-7,13,17-18H,2-3,9-12H2,1H3. The van der Waals surface area contributed by atoms with Gasteiger partial charge in [0.05, 0.1) is 0 Å². The van der Waals surface area contributed by atoms with E-state index in [1.165, 1.54) is 5.56 Å². The fraction of sp³-hybridized carbons (Fsp3) is 0.533.